The summed E-state index contributed by atoms with van der Waals surface area (Å²) in [5.74, 6) is -5.35. The second kappa shape index (κ2) is 5.91. The average Bonchev–Trinajstić information content (AvgIpc) is 1.82. The van der Waals surface area contributed by atoms with Crippen molar-refractivity contribution in [2.24, 2.45) is 0 Å². The summed E-state index contributed by atoms with van der Waals surface area (Å²) in [6.07, 6.45) is -2.41. The van der Waals surface area contributed by atoms with Gasteiger partial charge in [0.25, 0.3) is 0 Å². The van der Waals surface area contributed by atoms with E-state index >= 15 is 0 Å². The first-order valence-corrected chi connectivity index (χ1v) is 3.16. The van der Waals surface area contributed by atoms with E-state index in [4.69, 9.17) is 10.5 Å². The van der Waals surface area contributed by atoms with Gasteiger partial charge in [0.15, 0.2) is 0 Å². The summed E-state index contributed by atoms with van der Waals surface area (Å²) in [5.41, 5.74) is -2.85. The van der Waals surface area contributed by atoms with Crippen molar-refractivity contribution < 1.29 is 30.0 Å². The van der Waals surface area contributed by atoms with Crippen LogP contribution in [0, 0.1) is 5.41 Å². The molecular weight excluding hydrogens is 389 g/mol. The number of nitrogens with one attached hydrogen (secondary N) is 1. The Morgan fingerprint density at radius 1 is 1.21 bits per heavy atom. The third kappa shape index (κ3) is 5.12. The topological polar surface area (TPSA) is 147 Å². The first-order chi connectivity index (χ1) is 5.78. The fraction of sp³-hybridized carbons (Fsp3) is 0.500. The molecule has 0 bridgehead atoms. The number of carbonyl (C=O) groups is 2. The van der Waals surface area contributed by atoms with Gasteiger partial charge in [0.2, 0.25) is 0 Å². The van der Waals surface area contributed by atoms with Crippen LogP contribution in [0.5, 0.6) is 0 Å². The van der Waals surface area contributed by atoms with Crippen LogP contribution in [0.3, 0.4) is 0 Å². The van der Waals surface area contributed by atoms with E-state index in [0.717, 1.165) is 0 Å². The van der Waals surface area contributed by atoms with Crippen LogP contribution in [0.2, 0.25) is 0 Å². The van der Waals surface area contributed by atoms with Crippen molar-refractivity contribution in [3.05, 3.63) is 0 Å². The van der Waals surface area contributed by atoms with Crippen LogP contribution in [-0.2, 0) is 9.59 Å². The maximum Gasteiger partial charge on any atom is 0.113 e. The van der Waals surface area contributed by atoms with Crippen LogP contribution >= 0.6 is 0 Å². The molecule has 7 nitrogen and oxygen atoms in total. The minimum absolute atomic E-state index is 0. The van der Waals surface area contributed by atoms with E-state index in [1.165, 1.54) is 0 Å². The quantitative estimate of drug-likeness (QED) is 0.271. The number of aliphatic carboxylic acids is 2. The minimum atomic E-state index is -2.85. The van der Waals surface area contributed by atoms with Gasteiger partial charge in [0.1, 0.15) is 5.60 Å². The van der Waals surface area contributed by atoms with E-state index in [-0.39, 0.29) is 27.3 Å². The van der Waals surface area contributed by atoms with Crippen LogP contribution in [-0.4, -0.2) is 55.8 Å². The minimum Gasteiger partial charge on any atom is -0.862 e. The Morgan fingerprint density at radius 2 is 1.64 bits per heavy atom. The number of carbonyl (C=O) groups excluding carboxylic acids is 2. The van der Waals surface area contributed by atoms with Crippen LogP contribution in [0.4, 0.5) is 0 Å². The second-order valence-electron chi connectivity index (χ2n) is 2.47. The average molecular weight is 395 g/mol. The van der Waals surface area contributed by atoms with Gasteiger partial charge in [-0.25, -0.2) is 0 Å². The molecule has 0 aliphatic rings. The number of carboxylic acid groups (broad SMARTS) is 2. The van der Waals surface area contributed by atoms with Gasteiger partial charge >= 0.3 is 0 Å². The molecule has 0 aromatic rings. The molecule has 0 aliphatic carbocycles. The van der Waals surface area contributed by atoms with Gasteiger partial charge in [0.05, 0.1) is 5.97 Å². The Hall–Kier alpha value is -0.708. The number of carboxylic acids is 2. The van der Waals surface area contributed by atoms with Gasteiger partial charge in [0, 0.05) is 46.1 Å². The molecule has 8 heteroatoms. The smallest absolute Gasteiger partial charge is 0.113 e. The van der Waals surface area contributed by atoms with E-state index < -0.39 is 36.3 Å². The van der Waals surface area contributed by atoms with Gasteiger partial charge < -0.3 is 35.4 Å². The summed E-state index contributed by atoms with van der Waals surface area (Å²) >= 11 is 0. The molecule has 0 aromatic carbocycles. The van der Waals surface area contributed by atoms with E-state index in [1.54, 1.807) is 0 Å². The third-order valence-corrected chi connectivity index (χ3v) is 1.27. The number of aliphatic hydroxyl groups is 1. The van der Waals surface area contributed by atoms with Crippen molar-refractivity contribution in [1.29, 1.82) is 5.41 Å². The predicted octanol–water partition coefficient (Wildman–Crippen LogP) is -5.05. The molecule has 0 aromatic heterocycles. The Bertz CT molecular complexity index is 237. The number of rotatable bonds is 5. The molecule has 2 N–H and O–H groups in total. The Kier molecular flexibility index (Phi) is 6.64. The fourth-order valence-corrected chi connectivity index (χ4v) is 0.711. The first kappa shape index (κ1) is 15.8. The molecule has 1 atom stereocenters. The fourth-order valence-electron chi connectivity index (χ4n) is 0.711. The molecule has 0 saturated heterocycles. The summed E-state index contributed by atoms with van der Waals surface area (Å²) in [5, 5.41) is 45.7. The van der Waals surface area contributed by atoms with Crippen molar-refractivity contribution in [2.75, 3.05) is 0 Å². The van der Waals surface area contributed by atoms with Gasteiger partial charge in [-0.1, -0.05) is 0 Å². The van der Waals surface area contributed by atoms with Crippen molar-refractivity contribution in [3.8, 4) is 0 Å². The molecule has 0 spiro atoms. The van der Waals surface area contributed by atoms with Crippen molar-refractivity contribution in [2.45, 2.75) is 18.4 Å². The number of hydrogen-bond donors (Lipinski definition) is 2. The normalized spacial score (nSPS) is 13.5. The van der Waals surface area contributed by atoms with Gasteiger partial charge in [-0.15, -0.1) is 0 Å². The molecule has 0 fully saturated rings. The molecule has 4 radical (unpaired) electrons. The summed E-state index contributed by atoms with van der Waals surface area (Å²) in [4.78, 5) is 20.2. The molecule has 0 aliphatic heterocycles. The predicted molar refractivity (Wildman–Crippen MR) is 37.7 cm³/mol. The molecule has 0 rings (SSSR count). The molecule has 78 valence electrons. The van der Waals surface area contributed by atoms with E-state index in [0.29, 0.717) is 0 Å². The van der Waals surface area contributed by atoms with E-state index in [1.807, 2.05) is 0 Å². The standard InChI is InChI=1S/C6H9NO6.Pb/c7-3(8)1-6(13,5(11)12)2-4(9)10;/h13H,1-2H2,(H2,7,8)(H,9,10)(H,11,12);/p-3. The van der Waals surface area contributed by atoms with E-state index in [9.17, 15) is 24.9 Å². The zero-order valence-corrected chi connectivity index (χ0v) is 10.8. The first-order valence-electron chi connectivity index (χ1n) is 3.16. The van der Waals surface area contributed by atoms with Crippen LogP contribution < -0.4 is 15.3 Å². The molecule has 0 heterocycles. The monoisotopic (exact) mass is 396 g/mol. The Balaban J connectivity index is 0. The van der Waals surface area contributed by atoms with Gasteiger partial charge in [-0.05, 0) is 5.90 Å². The van der Waals surface area contributed by atoms with E-state index in [2.05, 4.69) is 0 Å². The molecule has 1 unspecified atom stereocenters. The second-order valence-corrected chi connectivity index (χ2v) is 2.47. The summed E-state index contributed by atoms with van der Waals surface area (Å²) in [6, 6.07) is 0. The summed E-state index contributed by atoms with van der Waals surface area (Å²) < 4.78 is 0. The Morgan fingerprint density at radius 3 is 1.86 bits per heavy atom. The zero-order valence-electron chi connectivity index (χ0n) is 6.90. The van der Waals surface area contributed by atoms with Crippen LogP contribution in [0.15, 0.2) is 0 Å². The summed E-state index contributed by atoms with van der Waals surface area (Å²) in [6.45, 7) is 0. The summed E-state index contributed by atoms with van der Waals surface area (Å²) in [7, 11) is 0. The third-order valence-electron chi connectivity index (χ3n) is 1.27. The number of hydrogen-bond acceptors (Lipinski definition) is 7. The van der Waals surface area contributed by atoms with Gasteiger partial charge in [-0.3, -0.25) is 0 Å². The Labute approximate surface area is 99.0 Å². The molecular formula is C6H6NO6Pb-3. The van der Waals surface area contributed by atoms with Gasteiger partial charge in [-0.2, -0.15) is 0 Å². The van der Waals surface area contributed by atoms with Crippen LogP contribution in [0.1, 0.15) is 12.8 Å². The SMILES string of the molecule is N=C([O-])CC(O)(CC(=O)[O-])C(=O)[O-].[Pb]. The molecule has 14 heavy (non-hydrogen) atoms. The van der Waals surface area contributed by atoms with Crippen LogP contribution in [0.25, 0.3) is 0 Å². The largest absolute Gasteiger partial charge is 0.862 e. The molecule has 0 amide bonds. The maximum absolute atomic E-state index is 10.2. The maximum atomic E-state index is 10.2. The van der Waals surface area contributed by atoms with Crippen molar-refractivity contribution >= 4 is 45.1 Å². The molecule has 0 saturated carbocycles. The van der Waals surface area contributed by atoms with Crippen molar-refractivity contribution in [3.63, 3.8) is 0 Å². The van der Waals surface area contributed by atoms with Crippen molar-refractivity contribution in [1.82, 2.24) is 0 Å². The zero-order chi connectivity index (χ0) is 10.6.